The van der Waals surface area contributed by atoms with Gasteiger partial charge in [-0.25, -0.2) is 8.78 Å². The lowest BCUT2D eigenvalue weighted by Crippen LogP contribution is -2.39. The third-order valence-corrected chi connectivity index (χ3v) is 8.70. The number of hydrogen-bond acceptors (Lipinski definition) is 6. The van der Waals surface area contributed by atoms with Gasteiger partial charge in [-0.05, 0) is 61.1 Å². The fraction of sp³-hybridized carbons (Fsp3) is 0.357. The standard InChI is InChI=1S/C28H23Cl2F5N4O4/c29-19-3-1-15(11-25(19)38(40)41)23-5-6-24(16-2-4-20(30)26(12-16)39(42)43)37(23)18-13-21(31)27(22(32)14-18)36-9-7-17(8-10-36)28(33,34)35/h1-4,11-14,17,23-24H,5-10H2/t23-,24-/m1/s1. The van der Waals surface area contributed by atoms with Gasteiger partial charge in [-0.1, -0.05) is 35.3 Å². The quantitative estimate of drug-likeness (QED) is 0.151. The van der Waals surface area contributed by atoms with Crippen LogP contribution in [-0.4, -0.2) is 29.1 Å². The van der Waals surface area contributed by atoms with Crippen LogP contribution in [0.2, 0.25) is 10.0 Å². The van der Waals surface area contributed by atoms with Crippen molar-refractivity contribution in [1.29, 1.82) is 0 Å². The van der Waals surface area contributed by atoms with Crippen molar-refractivity contribution in [3.05, 3.63) is 102 Å². The van der Waals surface area contributed by atoms with Crippen LogP contribution in [0.1, 0.15) is 48.9 Å². The predicted octanol–water partition coefficient (Wildman–Crippen LogP) is 8.95. The van der Waals surface area contributed by atoms with E-state index in [0.717, 1.165) is 12.1 Å². The number of rotatable bonds is 6. The van der Waals surface area contributed by atoms with Crippen molar-refractivity contribution >= 4 is 46.0 Å². The van der Waals surface area contributed by atoms with Crippen LogP contribution in [0.3, 0.4) is 0 Å². The predicted molar refractivity (Wildman–Crippen MR) is 151 cm³/mol. The molecule has 43 heavy (non-hydrogen) atoms. The molecule has 0 amide bonds. The maximum Gasteiger partial charge on any atom is 0.391 e. The van der Waals surface area contributed by atoms with Gasteiger partial charge < -0.3 is 9.80 Å². The van der Waals surface area contributed by atoms with Gasteiger partial charge in [-0.15, -0.1) is 0 Å². The molecule has 3 aromatic rings. The maximum atomic E-state index is 15.6. The Hall–Kier alpha value is -3.71. The van der Waals surface area contributed by atoms with Gasteiger partial charge in [0.25, 0.3) is 11.4 Å². The lowest BCUT2D eigenvalue weighted by atomic mass is 9.95. The molecule has 0 unspecified atom stereocenters. The number of alkyl halides is 3. The molecule has 2 saturated heterocycles. The number of piperidine rings is 1. The van der Waals surface area contributed by atoms with E-state index in [4.69, 9.17) is 23.2 Å². The Morgan fingerprint density at radius 2 is 1.19 bits per heavy atom. The second-order valence-corrected chi connectivity index (χ2v) is 11.3. The van der Waals surface area contributed by atoms with E-state index in [1.54, 1.807) is 17.0 Å². The van der Waals surface area contributed by atoms with Crippen molar-refractivity contribution in [2.24, 2.45) is 5.92 Å². The second kappa shape index (κ2) is 11.8. The molecule has 0 N–H and O–H groups in total. The van der Waals surface area contributed by atoms with Crippen molar-refractivity contribution in [3.63, 3.8) is 0 Å². The molecule has 2 atom stereocenters. The van der Waals surface area contributed by atoms with E-state index in [-0.39, 0.29) is 53.0 Å². The zero-order valence-electron chi connectivity index (χ0n) is 22.2. The molecular formula is C28H23Cl2F5N4O4. The van der Waals surface area contributed by atoms with Gasteiger partial charge >= 0.3 is 6.18 Å². The minimum Gasteiger partial charge on any atom is -0.367 e. The average Bonchev–Trinajstić information content (AvgIpc) is 3.38. The van der Waals surface area contributed by atoms with Crippen LogP contribution < -0.4 is 9.80 Å². The monoisotopic (exact) mass is 644 g/mol. The second-order valence-electron chi connectivity index (χ2n) is 10.5. The van der Waals surface area contributed by atoms with Crippen LogP contribution in [0.15, 0.2) is 48.5 Å². The van der Waals surface area contributed by atoms with E-state index in [0.29, 0.717) is 24.0 Å². The number of nitrogens with zero attached hydrogens (tertiary/aromatic N) is 4. The Morgan fingerprint density at radius 3 is 1.58 bits per heavy atom. The molecule has 228 valence electrons. The molecule has 0 aliphatic carbocycles. The van der Waals surface area contributed by atoms with Gasteiger partial charge in [0.15, 0.2) is 11.6 Å². The fourth-order valence-electron chi connectivity index (χ4n) is 6.01. The summed E-state index contributed by atoms with van der Waals surface area (Å²) in [5.41, 5.74) is -0.255. The Bertz CT molecular complexity index is 1490. The van der Waals surface area contributed by atoms with Crippen LogP contribution >= 0.6 is 23.2 Å². The maximum absolute atomic E-state index is 15.6. The number of nitro groups is 2. The lowest BCUT2D eigenvalue weighted by molar-refractivity contribution is -0.384. The minimum atomic E-state index is -4.39. The largest absolute Gasteiger partial charge is 0.391 e. The Labute approximate surface area is 251 Å². The molecule has 3 aromatic carbocycles. The summed E-state index contributed by atoms with van der Waals surface area (Å²) >= 11 is 12.0. The van der Waals surface area contributed by atoms with Crippen LogP contribution in [0.4, 0.5) is 44.7 Å². The summed E-state index contributed by atoms with van der Waals surface area (Å²) in [4.78, 5) is 24.7. The third-order valence-electron chi connectivity index (χ3n) is 8.06. The first-order valence-corrected chi connectivity index (χ1v) is 14.0. The smallest absolute Gasteiger partial charge is 0.367 e. The number of nitro benzene ring substituents is 2. The van der Waals surface area contributed by atoms with Crippen LogP contribution in [0, 0.1) is 37.8 Å². The summed E-state index contributed by atoms with van der Waals surface area (Å²) in [5.74, 6) is -3.53. The molecule has 2 aliphatic rings. The summed E-state index contributed by atoms with van der Waals surface area (Å²) in [6.45, 7) is -0.371. The van der Waals surface area contributed by atoms with Crippen LogP contribution in [0.5, 0.6) is 0 Å². The molecule has 15 heteroatoms. The minimum absolute atomic E-state index is 0.0478. The summed E-state index contributed by atoms with van der Waals surface area (Å²) in [6, 6.07) is 9.20. The highest BCUT2D eigenvalue weighted by Gasteiger charge is 2.42. The zero-order chi connectivity index (χ0) is 31.2. The molecular weight excluding hydrogens is 622 g/mol. The first-order valence-electron chi connectivity index (χ1n) is 13.2. The van der Waals surface area contributed by atoms with E-state index in [9.17, 15) is 33.4 Å². The van der Waals surface area contributed by atoms with Gasteiger partial charge in [-0.2, -0.15) is 13.2 Å². The summed E-state index contributed by atoms with van der Waals surface area (Å²) in [7, 11) is 0. The Morgan fingerprint density at radius 1 is 0.744 bits per heavy atom. The Balaban J connectivity index is 1.56. The summed E-state index contributed by atoms with van der Waals surface area (Å²) < 4.78 is 70.7. The van der Waals surface area contributed by atoms with Crippen molar-refractivity contribution in [3.8, 4) is 0 Å². The first kappa shape index (κ1) is 30.7. The highest BCUT2D eigenvalue weighted by Crippen LogP contribution is 2.49. The van der Waals surface area contributed by atoms with Crippen molar-refractivity contribution < 1.29 is 31.8 Å². The van der Waals surface area contributed by atoms with Gasteiger partial charge in [0.2, 0.25) is 0 Å². The van der Waals surface area contributed by atoms with Gasteiger partial charge in [0, 0.05) is 30.9 Å². The average molecular weight is 645 g/mol. The molecule has 0 bridgehead atoms. The lowest BCUT2D eigenvalue weighted by Gasteiger charge is -2.36. The highest BCUT2D eigenvalue weighted by atomic mass is 35.5. The van der Waals surface area contributed by atoms with Crippen LogP contribution in [-0.2, 0) is 0 Å². The third kappa shape index (κ3) is 6.05. The SMILES string of the molecule is O=[N+]([O-])c1cc([C@H]2CC[C@H](c3ccc(Cl)c([N+](=O)[O-])c3)N2c2cc(F)c(N3CCC(C(F)(F)F)CC3)c(F)c2)ccc1Cl. The topological polar surface area (TPSA) is 92.8 Å². The van der Waals surface area contributed by atoms with E-state index in [1.165, 1.54) is 29.2 Å². The van der Waals surface area contributed by atoms with E-state index in [1.807, 2.05) is 0 Å². The number of hydrogen-bond donors (Lipinski definition) is 0. The van der Waals surface area contributed by atoms with Crippen LogP contribution in [0.25, 0.3) is 0 Å². The molecule has 0 saturated carbocycles. The molecule has 8 nitrogen and oxygen atoms in total. The number of anilines is 2. The van der Waals surface area contributed by atoms with Crippen molar-refractivity contribution in [2.45, 2.75) is 43.9 Å². The first-order chi connectivity index (χ1) is 20.3. The van der Waals surface area contributed by atoms with Crippen molar-refractivity contribution in [1.82, 2.24) is 0 Å². The van der Waals surface area contributed by atoms with Gasteiger partial charge in [0.1, 0.15) is 15.7 Å². The number of halogens is 7. The molecule has 2 heterocycles. The summed E-state index contributed by atoms with van der Waals surface area (Å²) in [5, 5.41) is 23.0. The van der Waals surface area contributed by atoms with Gasteiger partial charge in [0.05, 0.1) is 27.8 Å². The normalized spacial score (nSPS) is 19.6. The highest BCUT2D eigenvalue weighted by molar-refractivity contribution is 6.33. The Kier molecular flexibility index (Phi) is 8.41. The molecule has 0 radical (unpaired) electrons. The van der Waals surface area contributed by atoms with E-state index < -0.39 is 51.3 Å². The summed E-state index contributed by atoms with van der Waals surface area (Å²) in [6.07, 6.45) is -4.28. The zero-order valence-corrected chi connectivity index (χ0v) is 23.7. The molecule has 0 aromatic heterocycles. The molecule has 0 spiro atoms. The fourth-order valence-corrected chi connectivity index (χ4v) is 6.39. The van der Waals surface area contributed by atoms with Crippen molar-refractivity contribution in [2.75, 3.05) is 22.9 Å². The van der Waals surface area contributed by atoms with E-state index in [2.05, 4.69) is 0 Å². The molecule has 2 aliphatic heterocycles. The molecule has 2 fully saturated rings. The molecule has 5 rings (SSSR count). The van der Waals surface area contributed by atoms with E-state index >= 15 is 8.78 Å². The van der Waals surface area contributed by atoms with Gasteiger partial charge in [-0.3, -0.25) is 20.2 Å². The number of benzene rings is 3.